The molecule has 1 aliphatic rings. The lowest BCUT2D eigenvalue weighted by molar-refractivity contribution is -0.121. The molecule has 0 aromatic heterocycles. The van der Waals surface area contributed by atoms with Crippen molar-refractivity contribution in [3.8, 4) is 11.5 Å². The van der Waals surface area contributed by atoms with Gasteiger partial charge in [-0.05, 0) is 49.2 Å². The molecular formula is C22H24ClFN2O4. The molecule has 1 fully saturated rings. The summed E-state index contributed by atoms with van der Waals surface area (Å²) in [6.07, 6.45) is 1.24. The Bertz CT molecular complexity index is 929. The molecule has 3 rings (SSSR count). The topological polar surface area (TPSA) is 81.9 Å². The third-order valence-electron chi connectivity index (χ3n) is 5.40. The van der Waals surface area contributed by atoms with Gasteiger partial charge in [0.15, 0.2) is 11.6 Å². The van der Waals surface area contributed by atoms with Crippen molar-refractivity contribution in [1.82, 2.24) is 4.90 Å². The zero-order valence-electron chi connectivity index (χ0n) is 16.7. The van der Waals surface area contributed by atoms with Gasteiger partial charge in [-0.25, -0.2) is 4.39 Å². The van der Waals surface area contributed by atoms with Gasteiger partial charge in [0.2, 0.25) is 5.91 Å². The molecule has 0 radical (unpaired) electrons. The summed E-state index contributed by atoms with van der Waals surface area (Å²) in [6, 6.07) is 11.2. The van der Waals surface area contributed by atoms with Crippen molar-refractivity contribution in [3.05, 3.63) is 58.9 Å². The minimum atomic E-state index is -0.585. The molecule has 2 amide bonds. The number of rotatable bonds is 7. The van der Waals surface area contributed by atoms with Crippen molar-refractivity contribution in [2.45, 2.75) is 19.3 Å². The Balaban J connectivity index is 1.67. The highest BCUT2D eigenvalue weighted by Crippen LogP contribution is 2.36. The Hall–Kier alpha value is -2.80. The molecule has 30 heavy (non-hydrogen) atoms. The van der Waals surface area contributed by atoms with E-state index in [1.165, 1.54) is 25.3 Å². The maximum absolute atomic E-state index is 14.0. The van der Waals surface area contributed by atoms with E-state index in [-0.39, 0.29) is 30.2 Å². The zero-order chi connectivity index (χ0) is 21.7. The molecule has 0 spiro atoms. The second-order valence-corrected chi connectivity index (χ2v) is 7.97. The lowest BCUT2D eigenvalue weighted by Gasteiger charge is -2.41. The van der Waals surface area contributed by atoms with Gasteiger partial charge < -0.3 is 20.1 Å². The first-order valence-electron chi connectivity index (χ1n) is 9.61. The van der Waals surface area contributed by atoms with Crippen molar-refractivity contribution in [1.29, 1.82) is 0 Å². The molecule has 1 aliphatic heterocycles. The summed E-state index contributed by atoms with van der Waals surface area (Å²) in [7, 11) is 1.37. The summed E-state index contributed by atoms with van der Waals surface area (Å²) in [4.78, 5) is 26.1. The van der Waals surface area contributed by atoms with Crippen LogP contribution in [0.1, 0.15) is 29.6 Å². The highest BCUT2D eigenvalue weighted by molar-refractivity contribution is 6.30. The molecule has 0 aliphatic carbocycles. The smallest absolute Gasteiger partial charge is 0.253 e. The monoisotopic (exact) mass is 434 g/mol. The van der Waals surface area contributed by atoms with Gasteiger partial charge in [-0.1, -0.05) is 17.7 Å². The van der Waals surface area contributed by atoms with E-state index in [0.29, 0.717) is 36.7 Å². The number of primary amides is 1. The fourth-order valence-corrected chi connectivity index (χ4v) is 3.88. The van der Waals surface area contributed by atoms with Crippen molar-refractivity contribution in [2.24, 2.45) is 11.1 Å². The van der Waals surface area contributed by atoms with E-state index in [2.05, 4.69) is 0 Å². The first-order chi connectivity index (χ1) is 14.3. The predicted molar refractivity (Wildman–Crippen MR) is 111 cm³/mol. The van der Waals surface area contributed by atoms with Crippen molar-refractivity contribution < 1.29 is 23.5 Å². The number of ether oxygens (including phenoxy) is 2. The van der Waals surface area contributed by atoms with Gasteiger partial charge in [0.05, 0.1) is 13.7 Å². The van der Waals surface area contributed by atoms with Crippen LogP contribution in [0.4, 0.5) is 4.39 Å². The van der Waals surface area contributed by atoms with E-state index >= 15 is 0 Å². The first-order valence-corrected chi connectivity index (χ1v) is 9.99. The number of carbonyl (C=O) groups is 2. The number of hydrogen-bond donors (Lipinski definition) is 1. The number of methoxy groups -OCH3 is 1. The third kappa shape index (κ3) is 5.21. The Morgan fingerprint density at radius 1 is 1.20 bits per heavy atom. The van der Waals surface area contributed by atoms with Gasteiger partial charge in [0.25, 0.3) is 5.91 Å². The van der Waals surface area contributed by atoms with Gasteiger partial charge in [0, 0.05) is 35.5 Å². The average molecular weight is 435 g/mol. The van der Waals surface area contributed by atoms with Crippen LogP contribution in [0.5, 0.6) is 11.5 Å². The Morgan fingerprint density at radius 3 is 2.53 bits per heavy atom. The van der Waals surface area contributed by atoms with Crippen molar-refractivity contribution in [3.63, 3.8) is 0 Å². The molecular weight excluding hydrogens is 411 g/mol. The normalized spacial score (nSPS) is 15.5. The van der Waals surface area contributed by atoms with Crippen LogP contribution in [0.15, 0.2) is 42.5 Å². The second-order valence-electron chi connectivity index (χ2n) is 7.53. The summed E-state index contributed by atoms with van der Waals surface area (Å²) in [5.41, 5.74) is 5.26. The molecule has 0 atom stereocenters. The molecule has 1 saturated heterocycles. The number of amides is 2. The number of likely N-dealkylation sites (tertiary alicyclic amines) is 1. The first kappa shape index (κ1) is 21.9. The van der Waals surface area contributed by atoms with Gasteiger partial charge >= 0.3 is 0 Å². The number of halogens is 2. The summed E-state index contributed by atoms with van der Waals surface area (Å²) in [5, 5.41) is 0.559. The molecule has 2 aromatic carbocycles. The SMILES string of the molecule is COc1ccc(C(=O)N2CCC(COc3cccc(Cl)c3)(CC(N)=O)CC2)cc1F. The summed E-state index contributed by atoms with van der Waals surface area (Å²) < 4.78 is 24.7. The minimum Gasteiger partial charge on any atom is -0.494 e. The maximum atomic E-state index is 14.0. The lowest BCUT2D eigenvalue weighted by atomic mass is 9.76. The third-order valence-corrected chi connectivity index (χ3v) is 5.64. The number of nitrogens with zero attached hydrogens (tertiary/aromatic N) is 1. The van der Waals surface area contributed by atoms with Gasteiger partial charge in [-0.15, -0.1) is 0 Å². The highest BCUT2D eigenvalue weighted by atomic mass is 35.5. The molecule has 2 aromatic rings. The molecule has 8 heteroatoms. The van der Waals surface area contributed by atoms with Crippen molar-refractivity contribution in [2.75, 3.05) is 26.8 Å². The van der Waals surface area contributed by atoms with Crippen molar-refractivity contribution >= 4 is 23.4 Å². The number of nitrogens with two attached hydrogens (primary N) is 1. The van der Waals surface area contributed by atoms with Gasteiger partial charge in [-0.3, -0.25) is 9.59 Å². The quantitative estimate of drug-likeness (QED) is 0.720. The number of carbonyl (C=O) groups excluding carboxylic acids is 2. The fraction of sp³-hybridized carbons (Fsp3) is 0.364. The molecule has 0 unspecified atom stereocenters. The Kier molecular flexibility index (Phi) is 6.82. The maximum Gasteiger partial charge on any atom is 0.253 e. The van der Waals surface area contributed by atoms with E-state index in [1.54, 1.807) is 29.2 Å². The van der Waals surface area contributed by atoms with E-state index in [0.717, 1.165) is 0 Å². The standard InChI is InChI=1S/C22H24ClFN2O4/c1-29-19-6-5-15(11-18(19)24)21(28)26-9-7-22(8-10-26,13-20(25)27)14-30-17-4-2-3-16(23)12-17/h2-6,11-12H,7-10,13-14H2,1H3,(H2,25,27). The lowest BCUT2D eigenvalue weighted by Crippen LogP contribution is -2.47. The molecule has 160 valence electrons. The van der Waals surface area contributed by atoms with Crippen LogP contribution >= 0.6 is 11.6 Å². The Labute approximate surface area is 179 Å². The van der Waals surface area contributed by atoms with Crippen LogP contribution in [0, 0.1) is 11.2 Å². The molecule has 2 N–H and O–H groups in total. The summed E-state index contributed by atoms with van der Waals surface area (Å²) >= 11 is 5.99. The highest BCUT2D eigenvalue weighted by Gasteiger charge is 2.38. The van der Waals surface area contributed by atoms with Crippen LogP contribution in [0.3, 0.4) is 0 Å². The molecule has 0 saturated carbocycles. The molecule has 0 bridgehead atoms. The number of hydrogen-bond acceptors (Lipinski definition) is 4. The Morgan fingerprint density at radius 2 is 1.93 bits per heavy atom. The average Bonchev–Trinajstić information content (AvgIpc) is 2.72. The van der Waals surface area contributed by atoms with Crippen LogP contribution in [0.25, 0.3) is 0 Å². The summed E-state index contributed by atoms with van der Waals surface area (Å²) in [6.45, 7) is 1.12. The van der Waals surface area contributed by atoms with E-state index < -0.39 is 17.1 Å². The second kappa shape index (κ2) is 9.34. The number of piperidine rings is 1. The van der Waals surface area contributed by atoms with Crippen LogP contribution in [0.2, 0.25) is 5.02 Å². The van der Waals surface area contributed by atoms with Gasteiger partial charge in [-0.2, -0.15) is 0 Å². The van der Waals surface area contributed by atoms with Gasteiger partial charge in [0.1, 0.15) is 5.75 Å². The van der Waals surface area contributed by atoms with Crippen LogP contribution < -0.4 is 15.2 Å². The zero-order valence-corrected chi connectivity index (χ0v) is 17.5. The van der Waals surface area contributed by atoms with E-state index in [1.807, 2.05) is 0 Å². The fourth-order valence-electron chi connectivity index (χ4n) is 3.70. The number of benzene rings is 2. The van der Waals surface area contributed by atoms with E-state index in [9.17, 15) is 14.0 Å². The van der Waals surface area contributed by atoms with E-state index in [4.69, 9.17) is 26.8 Å². The largest absolute Gasteiger partial charge is 0.494 e. The molecule has 1 heterocycles. The predicted octanol–water partition coefficient (Wildman–Crippen LogP) is 3.66. The minimum absolute atomic E-state index is 0.0869. The van der Waals surface area contributed by atoms with Crippen LogP contribution in [-0.2, 0) is 4.79 Å². The molecule has 6 nitrogen and oxygen atoms in total. The van der Waals surface area contributed by atoms with Crippen LogP contribution in [-0.4, -0.2) is 43.5 Å². The summed E-state index contributed by atoms with van der Waals surface area (Å²) in [5.74, 6) is -0.567.